The first-order chi connectivity index (χ1) is 10.6. The Kier molecular flexibility index (Phi) is 4.57. The predicted octanol–water partition coefficient (Wildman–Crippen LogP) is 3.96. The van der Waals surface area contributed by atoms with Gasteiger partial charge in [-0.25, -0.2) is 4.39 Å². The van der Waals surface area contributed by atoms with Crippen LogP contribution in [0.2, 0.25) is 0 Å². The van der Waals surface area contributed by atoms with E-state index in [2.05, 4.69) is 26.3 Å². The van der Waals surface area contributed by atoms with Gasteiger partial charge in [-0.1, -0.05) is 31.0 Å². The van der Waals surface area contributed by atoms with Crippen LogP contribution in [-0.4, -0.2) is 15.7 Å². The van der Waals surface area contributed by atoms with Crippen LogP contribution in [0.15, 0.2) is 34.9 Å². The normalized spacial score (nSPS) is 15.2. The largest absolute Gasteiger partial charge is 0.308 e. The Balaban J connectivity index is 1.71. The van der Waals surface area contributed by atoms with Gasteiger partial charge in [0.05, 0.1) is 11.0 Å². The first-order valence-electron chi connectivity index (χ1n) is 7.40. The molecule has 1 amide bonds. The van der Waals surface area contributed by atoms with E-state index in [-0.39, 0.29) is 17.6 Å². The Morgan fingerprint density at radius 2 is 2.09 bits per heavy atom. The lowest BCUT2D eigenvalue weighted by atomic mass is 10.1. The Morgan fingerprint density at radius 3 is 2.82 bits per heavy atom. The Labute approximate surface area is 136 Å². The summed E-state index contributed by atoms with van der Waals surface area (Å²) in [6, 6.07) is 6.60. The van der Waals surface area contributed by atoms with Gasteiger partial charge in [0.15, 0.2) is 5.82 Å². The number of carbonyl (C=O) groups excluding carboxylic acids is 1. The van der Waals surface area contributed by atoms with Crippen molar-refractivity contribution < 1.29 is 9.18 Å². The Bertz CT molecular complexity index is 680. The smallest absolute Gasteiger partial charge is 0.228 e. The molecular weight excluding hydrogens is 349 g/mol. The van der Waals surface area contributed by atoms with Gasteiger partial charge < -0.3 is 5.32 Å². The van der Waals surface area contributed by atoms with E-state index < -0.39 is 0 Å². The molecule has 1 aromatic heterocycles. The monoisotopic (exact) mass is 365 g/mol. The summed E-state index contributed by atoms with van der Waals surface area (Å²) in [5.41, 5.74) is 0.561. The number of rotatable bonds is 4. The molecule has 0 saturated heterocycles. The third kappa shape index (κ3) is 3.38. The number of hydrogen-bond donors (Lipinski definition) is 1. The minimum absolute atomic E-state index is 0.0225. The molecule has 1 saturated carbocycles. The number of amides is 1. The maximum atomic E-state index is 13.7. The molecule has 22 heavy (non-hydrogen) atoms. The van der Waals surface area contributed by atoms with E-state index in [0.717, 1.165) is 25.7 Å². The van der Waals surface area contributed by atoms with Gasteiger partial charge in [-0.3, -0.25) is 9.48 Å². The molecule has 3 rings (SSSR count). The standard InChI is InChI=1S/C16H17BrFN3O/c17-13-10-21(9-12-7-3-4-8-14(12)18)20-15(13)19-16(22)11-5-1-2-6-11/h3-4,7-8,10-11H,1-2,5-6,9H2,(H,19,20,22). The molecule has 0 spiro atoms. The maximum absolute atomic E-state index is 13.7. The average molecular weight is 366 g/mol. The number of hydrogen-bond acceptors (Lipinski definition) is 2. The fourth-order valence-electron chi connectivity index (χ4n) is 2.77. The van der Waals surface area contributed by atoms with E-state index >= 15 is 0 Å². The molecule has 1 aliphatic rings. The van der Waals surface area contributed by atoms with Crippen LogP contribution in [0.25, 0.3) is 0 Å². The third-order valence-corrected chi connectivity index (χ3v) is 4.56. The first kappa shape index (κ1) is 15.2. The van der Waals surface area contributed by atoms with Crippen molar-refractivity contribution in [3.8, 4) is 0 Å². The second-order valence-corrected chi connectivity index (χ2v) is 6.44. The highest BCUT2D eigenvalue weighted by Gasteiger charge is 2.24. The van der Waals surface area contributed by atoms with Crippen molar-refractivity contribution in [2.45, 2.75) is 32.2 Å². The first-order valence-corrected chi connectivity index (χ1v) is 8.20. The van der Waals surface area contributed by atoms with Gasteiger partial charge in [0.2, 0.25) is 5.91 Å². The van der Waals surface area contributed by atoms with Crippen LogP contribution < -0.4 is 5.32 Å². The van der Waals surface area contributed by atoms with Gasteiger partial charge in [-0.15, -0.1) is 0 Å². The van der Waals surface area contributed by atoms with Crippen LogP contribution in [0.4, 0.5) is 10.2 Å². The molecule has 1 fully saturated rings. The molecule has 1 aromatic carbocycles. The summed E-state index contributed by atoms with van der Waals surface area (Å²) in [5.74, 6) is 0.344. The fraction of sp³-hybridized carbons (Fsp3) is 0.375. The van der Waals surface area contributed by atoms with Gasteiger partial charge in [0.1, 0.15) is 5.82 Å². The van der Waals surface area contributed by atoms with E-state index in [0.29, 0.717) is 22.4 Å². The topological polar surface area (TPSA) is 46.9 Å². The number of carbonyl (C=O) groups is 1. The summed E-state index contributed by atoms with van der Waals surface area (Å²) < 4.78 is 16.0. The van der Waals surface area contributed by atoms with Crippen molar-refractivity contribution in [1.82, 2.24) is 9.78 Å². The molecule has 2 aromatic rings. The summed E-state index contributed by atoms with van der Waals surface area (Å²) in [6.07, 6.45) is 5.86. The van der Waals surface area contributed by atoms with Crippen LogP contribution in [0, 0.1) is 11.7 Å². The second-order valence-electron chi connectivity index (χ2n) is 5.59. The highest BCUT2D eigenvalue weighted by atomic mass is 79.9. The van der Waals surface area contributed by atoms with E-state index in [1.807, 2.05) is 0 Å². The second kappa shape index (κ2) is 6.60. The van der Waals surface area contributed by atoms with E-state index in [9.17, 15) is 9.18 Å². The molecular formula is C16H17BrFN3O. The molecule has 0 aliphatic heterocycles. The van der Waals surface area contributed by atoms with Gasteiger partial charge in [0, 0.05) is 17.7 Å². The van der Waals surface area contributed by atoms with Crippen molar-refractivity contribution >= 4 is 27.7 Å². The molecule has 0 bridgehead atoms. The molecule has 0 radical (unpaired) electrons. The quantitative estimate of drug-likeness (QED) is 0.890. The van der Waals surface area contributed by atoms with Crippen LogP contribution in [0.1, 0.15) is 31.2 Å². The number of aromatic nitrogens is 2. The van der Waals surface area contributed by atoms with Gasteiger partial charge in [-0.2, -0.15) is 5.10 Å². The average Bonchev–Trinajstić information content (AvgIpc) is 3.12. The molecule has 1 N–H and O–H groups in total. The SMILES string of the molecule is O=C(Nc1nn(Cc2ccccc2F)cc1Br)C1CCCC1. The molecule has 116 valence electrons. The highest BCUT2D eigenvalue weighted by molar-refractivity contribution is 9.10. The van der Waals surface area contributed by atoms with Crippen LogP contribution in [-0.2, 0) is 11.3 Å². The van der Waals surface area contributed by atoms with Gasteiger partial charge in [-0.05, 0) is 34.8 Å². The number of halogens is 2. The minimum Gasteiger partial charge on any atom is -0.308 e. The van der Waals surface area contributed by atoms with Gasteiger partial charge >= 0.3 is 0 Å². The summed E-state index contributed by atoms with van der Waals surface area (Å²) in [7, 11) is 0. The molecule has 6 heteroatoms. The molecule has 0 unspecified atom stereocenters. The van der Waals surface area contributed by atoms with Crippen molar-refractivity contribution in [2.24, 2.45) is 5.92 Å². The summed E-state index contributed by atoms with van der Waals surface area (Å²) in [4.78, 5) is 12.1. The molecule has 0 atom stereocenters. The zero-order chi connectivity index (χ0) is 15.5. The number of nitrogens with zero attached hydrogens (tertiary/aromatic N) is 2. The van der Waals surface area contributed by atoms with E-state index in [4.69, 9.17) is 0 Å². The zero-order valence-electron chi connectivity index (χ0n) is 12.1. The van der Waals surface area contributed by atoms with Crippen molar-refractivity contribution in [2.75, 3.05) is 5.32 Å². The van der Waals surface area contributed by atoms with Crippen molar-refractivity contribution in [3.05, 3.63) is 46.3 Å². The van der Waals surface area contributed by atoms with Crippen LogP contribution in [0.5, 0.6) is 0 Å². The number of anilines is 1. The van der Waals surface area contributed by atoms with Crippen molar-refractivity contribution in [3.63, 3.8) is 0 Å². The third-order valence-electron chi connectivity index (χ3n) is 3.97. The lowest BCUT2D eigenvalue weighted by Gasteiger charge is -2.08. The molecule has 4 nitrogen and oxygen atoms in total. The molecule has 1 heterocycles. The molecule has 1 aliphatic carbocycles. The Morgan fingerprint density at radius 1 is 1.36 bits per heavy atom. The van der Waals surface area contributed by atoms with Crippen LogP contribution >= 0.6 is 15.9 Å². The predicted molar refractivity (Wildman–Crippen MR) is 86.0 cm³/mol. The van der Waals surface area contributed by atoms with Crippen LogP contribution in [0.3, 0.4) is 0 Å². The lowest BCUT2D eigenvalue weighted by Crippen LogP contribution is -2.21. The zero-order valence-corrected chi connectivity index (χ0v) is 13.6. The summed E-state index contributed by atoms with van der Waals surface area (Å²) in [6.45, 7) is 0.324. The summed E-state index contributed by atoms with van der Waals surface area (Å²) >= 11 is 3.39. The van der Waals surface area contributed by atoms with E-state index in [1.165, 1.54) is 6.07 Å². The number of benzene rings is 1. The minimum atomic E-state index is -0.259. The fourth-order valence-corrected chi connectivity index (χ4v) is 3.19. The maximum Gasteiger partial charge on any atom is 0.228 e. The lowest BCUT2D eigenvalue weighted by molar-refractivity contribution is -0.119. The Hall–Kier alpha value is -1.69. The summed E-state index contributed by atoms with van der Waals surface area (Å²) in [5, 5.41) is 7.19. The van der Waals surface area contributed by atoms with E-state index in [1.54, 1.807) is 29.1 Å². The van der Waals surface area contributed by atoms with Gasteiger partial charge in [0.25, 0.3) is 0 Å². The highest BCUT2D eigenvalue weighted by Crippen LogP contribution is 2.27. The van der Waals surface area contributed by atoms with Crippen molar-refractivity contribution in [1.29, 1.82) is 0 Å². The number of nitrogens with one attached hydrogen (secondary N) is 1.